The van der Waals surface area contributed by atoms with E-state index in [9.17, 15) is 0 Å². The average Bonchev–Trinajstić information content (AvgIpc) is 2.66. The first kappa shape index (κ1) is 18.3. The zero-order chi connectivity index (χ0) is 18.7. The van der Waals surface area contributed by atoms with Gasteiger partial charge in [0.2, 0.25) is 0 Å². The number of aryl methyl sites for hydroxylation is 1. The van der Waals surface area contributed by atoms with Crippen molar-refractivity contribution in [1.82, 2.24) is 9.97 Å². The van der Waals surface area contributed by atoms with Crippen LogP contribution in [0.1, 0.15) is 24.4 Å². The van der Waals surface area contributed by atoms with E-state index in [1.807, 2.05) is 19.1 Å². The second-order valence-electron chi connectivity index (χ2n) is 5.99. The highest BCUT2D eigenvalue weighted by Crippen LogP contribution is 2.35. The van der Waals surface area contributed by atoms with Crippen molar-refractivity contribution in [3.05, 3.63) is 47.8 Å². The molecule has 1 aromatic heterocycles. The lowest BCUT2D eigenvalue weighted by atomic mass is 10.1. The van der Waals surface area contributed by atoms with E-state index in [-0.39, 0.29) is 6.04 Å². The van der Waals surface area contributed by atoms with E-state index in [1.165, 1.54) is 10.5 Å². The molecule has 1 N–H and O–H groups in total. The predicted molar refractivity (Wildman–Crippen MR) is 108 cm³/mol. The van der Waals surface area contributed by atoms with Crippen LogP contribution < -0.4 is 14.8 Å². The summed E-state index contributed by atoms with van der Waals surface area (Å²) in [6, 6.07) is 12.4. The van der Waals surface area contributed by atoms with E-state index in [1.54, 1.807) is 26.0 Å². The maximum absolute atomic E-state index is 5.44. The van der Waals surface area contributed by atoms with E-state index in [0.717, 1.165) is 16.7 Å². The van der Waals surface area contributed by atoms with Crippen LogP contribution in [0.4, 0.5) is 5.82 Å². The number of fused-ring (bicyclic) bond motifs is 1. The first-order valence-electron chi connectivity index (χ1n) is 8.36. The van der Waals surface area contributed by atoms with Crippen molar-refractivity contribution in [3.63, 3.8) is 0 Å². The Kier molecular flexibility index (Phi) is 5.52. The fourth-order valence-electron chi connectivity index (χ4n) is 2.88. The monoisotopic (exact) mass is 369 g/mol. The van der Waals surface area contributed by atoms with Crippen LogP contribution in [0.2, 0.25) is 0 Å². The molecule has 26 heavy (non-hydrogen) atoms. The third-order valence-corrected chi connectivity index (χ3v) is 4.99. The number of rotatable bonds is 6. The lowest BCUT2D eigenvalue weighted by Crippen LogP contribution is -2.10. The minimum absolute atomic E-state index is 0.104. The number of nitrogens with one attached hydrogen (secondary N) is 1. The van der Waals surface area contributed by atoms with Gasteiger partial charge in [-0.05, 0) is 43.9 Å². The van der Waals surface area contributed by atoms with Crippen LogP contribution in [0.5, 0.6) is 11.5 Å². The number of nitrogens with zero attached hydrogens (tertiary/aromatic N) is 2. The van der Waals surface area contributed by atoms with Crippen molar-refractivity contribution in [2.45, 2.75) is 24.8 Å². The largest absolute Gasteiger partial charge is 0.493 e. The zero-order valence-electron chi connectivity index (χ0n) is 15.7. The standard InChI is InChI=1S/C20H23N3O2S/c1-12(14-7-6-8-15(9-14)26-5)21-20-16-10-18(24-3)19(25-4)11-17(16)22-13(2)23-20/h6-12H,1-5H3,(H,21,22,23)/t12-/m1/s1. The number of hydrogen-bond acceptors (Lipinski definition) is 6. The molecule has 1 atom stereocenters. The van der Waals surface area contributed by atoms with Gasteiger partial charge in [0.1, 0.15) is 11.6 Å². The molecular formula is C20H23N3O2S. The van der Waals surface area contributed by atoms with Crippen LogP contribution in [0.3, 0.4) is 0 Å². The molecule has 2 aromatic carbocycles. The highest BCUT2D eigenvalue weighted by atomic mass is 32.2. The van der Waals surface area contributed by atoms with Gasteiger partial charge in [-0.2, -0.15) is 0 Å². The third-order valence-electron chi connectivity index (χ3n) is 4.26. The fraction of sp³-hybridized carbons (Fsp3) is 0.300. The van der Waals surface area contributed by atoms with Crippen molar-refractivity contribution >= 4 is 28.5 Å². The normalized spacial score (nSPS) is 12.0. The Morgan fingerprint density at radius 1 is 1.04 bits per heavy atom. The van der Waals surface area contributed by atoms with Crippen molar-refractivity contribution < 1.29 is 9.47 Å². The minimum atomic E-state index is 0.104. The Balaban J connectivity index is 2.03. The average molecular weight is 369 g/mol. The van der Waals surface area contributed by atoms with Crippen LogP contribution in [0, 0.1) is 6.92 Å². The minimum Gasteiger partial charge on any atom is -0.493 e. The van der Waals surface area contributed by atoms with Crippen LogP contribution in [-0.4, -0.2) is 30.4 Å². The summed E-state index contributed by atoms with van der Waals surface area (Å²) in [6.07, 6.45) is 2.08. The van der Waals surface area contributed by atoms with Gasteiger partial charge in [0, 0.05) is 16.3 Å². The molecule has 0 aliphatic heterocycles. The first-order chi connectivity index (χ1) is 12.5. The number of aromatic nitrogens is 2. The Hall–Kier alpha value is -2.47. The van der Waals surface area contributed by atoms with Crippen molar-refractivity contribution in [1.29, 1.82) is 0 Å². The summed E-state index contributed by atoms with van der Waals surface area (Å²) in [7, 11) is 3.25. The first-order valence-corrected chi connectivity index (χ1v) is 9.59. The Morgan fingerprint density at radius 2 is 1.77 bits per heavy atom. The maximum atomic E-state index is 5.44. The Bertz CT molecular complexity index is 930. The second-order valence-corrected chi connectivity index (χ2v) is 6.87. The highest BCUT2D eigenvalue weighted by Gasteiger charge is 2.14. The van der Waals surface area contributed by atoms with E-state index < -0.39 is 0 Å². The van der Waals surface area contributed by atoms with Crippen molar-refractivity contribution in [2.24, 2.45) is 0 Å². The summed E-state index contributed by atoms with van der Waals surface area (Å²) < 4.78 is 10.8. The van der Waals surface area contributed by atoms with Crippen LogP contribution in [0.25, 0.3) is 10.9 Å². The number of hydrogen-bond donors (Lipinski definition) is 1. The molecule has 0 saturated heterocycles. The Morgan fingerprint density at radius 3 is 2.46 bits per heavy atom. The summed E-state index contributed by atoms with van der Waals surface area (Å²) in [5.41, 5.74) is 2.03. The number of thioether (sulfide) groups is 1. The van der Waals surface area contributed by atoms with Gasteiger partial charge in [0.25, 0.3) is 0 Å². The van der Waals surface area contributed by atoms with E-state index in [4.69, 9.17) is 9.47 Å². The van der Waals surface area contributed by atoms with Gasteiger partial charge < -0.3 is 14.8 Å². The molecule has 0 bridgehead atoms. The fourth-order valence-corrected chi connectivity index (χ4v) is 3.35. The van der Waals surface area contributed by atoms with Gasteiger partial charge in [-0.1, -0.05) is 12.1 Å². The van der Waals surface area contributed by atoms with Gasteiger partial charge in [0.15, 0.2) is 11.5 Å². The van der Waals surface area contributed by atoms with E-state index >= 15 is 0 Å². The molecule has 3 aromatic rings. The quantitative estimate of drug-likeness (QED) is 0.627. The molecular weight excluding hydrogens is 346 g/mol. The van der Waals surface area contributed by atoms with Crippen LogP contribution in [-0.2, 0) is 0 Å². The lowest BCUT2D eigenvalue weighted by Gasteiger charge is -2.18. The molecule has 136 valence electrons. The topological polar surface area (TPSA) is 56.3 Å². The molecule has 0 radical (unpaired) electrons. The molecule has 0 saturated carbocycles. The van der Waals surface area contributed by atoms with Gasteiger partial charge in [-0.15, -0.1) is 11.8 Å². The maximum Gasteiger partial charge on any atom is 0.162 e. The van der Waals surface area contributed by atoms with E-state index in [2.05, 4.69) is 52.7 Å². The molecule has 3 rings (SSSR count). The zero-order valence-corrected chi connectivity index (χ0v) is 16.5. The smallest absolute Gasteiger partial charge is 0.162 e. The number of ether oxygens (including phenoxy) is 2. The molecule has 0 unspecified atom stereocenters. The lowest BCUT2D eigenvalue weighted by molar-refractivity contribution is 0.356. The summed E-state index contributed by atoms with van der Waals surface area (Å²) in [5.74, 6) is 2.81. The molecule has 0 aliphatic carbocycles. The van der Waals surface area contributed by atoms with E-state index in [0.29, 0.717) is 17.3 Å². The number of methoxy groups -OCH3 is 2. The highest BCUT2D eigenvalue weighted by molar-refractivity contribution is 7.98. The van der Waals surface area contributed by atoms with Gasteiger partial charge in [-0.25, -0.2) is 9.97 Å². The second kappa shape index (κ2) is 7.83. The molecule has 0 spiro atoms. The molecule has 0 fully saturated rings. The third kappa shape index (κ3) is 3.70. The number of benzene rings is 2. The van der Waals surface area contributed by atoms with Crippen LogP contribution >= 0.6 is 11.8 Å². The molecule has 1 heterocycles. The Labute approximate surface area is 158 Å². The number of anilines is 1. The summed E-state index contributed by atoms with van der Waals surface area (Å²) in [4.78, 5) is 10.4. The SMILES string of the molecule is COc1cc2nc(C)nc(N[C@H](C)c3cccc(SC)c3)c2cc1OC. The van der Waals surface area contributed by atoms with Crippen molar-refractivity contribution in [3.8, 4) is 11.5 Å². The molecule has 0 amide bonds. The predicted octanol–water partition coefficient (Wildman–Crippen LogP) is 4.85. The van der Waals surface area contributed by atoms with Crippen molar-refractivity contribution in [2.75, 3.05) is 25.8 Å². The van der Waals surface area contributed by atoms with Gasteiger partial charge in [-0.3, -0.25) is 0 Å². The molecule has 6 heteroatoms. The van der Waals surface area contributed by atoms with Gasteiger partial charge >= 0.3 is 0 Å². The molecule has 0 aliphatic rings. The summed E-state index contributed by atoms with van der Waals surface area (Å²) >= 11 is 1.74. The van der Waals surface area contributed by atoms with Gasteiger partial charge in [0.05, 0.1) is 25.8 Å². The summed E-state index contributed by atoms with van der Waals surface area (Å²) in [5, 5.41) is 4.43. The molecule has 5 nitrogen and oxygen atoms in total. The summed E-state index contributed by atoms with van der Waals surface area (Å²) in [6.45, 7) is 4.02. The van der Waals surface area contributed by atoms with Crippen LogP contribution in [0.15, 0.2) is 41.3 Å².